The fourth-order valence-corrected chi connectivity index (χ4v) is 5.32. The quantitative estimate of drug-likeness (QED) is 0.600. The van der Waals surface area contributed by atoms with Crippen molar-refractivity contribution in [3.8, 4) is 0 Å². The van der Waals surface area contributed by atoms with Crippen molar-refractivity contribution in [1.29, 1.82) is 0 Å². The van der Waals surface area contributed by atoms with E-state index in [1.807, 2.05) is 0 Å². The molecule has 1 heterocycles. The van der Waals surface area contributed by atoms with Crippen LogP contribution in [0.3, 0.4) is 0 Å². The van der Waals surface area contributed by atoms with Gasteiger partial charge in [0.1, 0.15) is 0 Å². The van der Waals surface area contributed by atoms with Crippen molar-refractivity contribution in [1.82, 2.24) is 0 Å². The van der Waals surface area contributed by atoms with Gasteiger partial charge in [-0.25, -0.2) is 0 Å². The van der Waals surface area contributed by atoms with Crippen molar-refractivity contribution in [2.45, 2.75) is 19.3 Å². The Morgan fingerprint density at radius 1 is 0.923 bits per heavy atom. The summed E-state index contributed by atoms with van der Waals surface area (Å²) in [4.78, 5) is 0. The molecule has 1 fully saturated rings. The summed E-state index contributed by atoms with van der Waals surface area (Å²) < 4.78 is 0. The largest absolute Gasteiger partial charge is 0.0966 e. The highest BCUT2D eigenvalue weighted by atomic mass is 31.2. The molecule has 2 rings (SSSR count). The molecule has 1 aliphatic heterocycles. The molecule has 0 N–H and O–H groups in total. The predicted molar refractivity (Wildman–Crippen MR) is 63.7 cm³/mol. The highest BCUT2D eigenvalue weighted by Crippen LogP contribution is 2.48. The Morgan fingerprint density at radius 2 is 1.54 bits per heavy atom. The minimum atomic E-state index is -0.966. The highest BCUT2D eigenvalue weighted by Gasteiger charge is 2.19. The van der Waals surface area contributed by atoms with Gasteiger partial charge in [0.25, 0.3) is 0 Å². The molecule has 0 radical (unpaired) electrons. The molecule has 1 aromatic rings. The average Bonchev–Trinajstić information content (AvgIpc) is 2.20. The van der Waals surface area contributed by atoms with Crippen LogP contribution in [0.2, 0.25) is 0 Å². The lowest BCUT2D eigenvalue weighted by Gasteiger charge is -2.29. The summed E-state index contributed by atoms with van der Waals surface area (Å²) in [5, 5.41) is 1.54. The Bertz CT molecular complexity index is 303. The van der Waals surface area contributed by atoms with Crippen LogP contribution in [-0.4, -0.2) is 18.6 Å². The Kier molecular flexibility index (Phi) is 2.60. The molecular weight excluding hydrogens is 175 g/mol. The van der Waals surface area contributed by atoms with E-state index in [2.05, 4.69) is 36.6 Å². The minimum absolute atomic E-state index is 0.966. The third kappa shape index (κ3) is 1.89. The molecule has 0 saturated carbocycles. The zero-order valence-electron chi connectivity index (χ0n) is 8.08. The van der Waals surface area contributed by atoms with Crippen LogP contribution in [-0.2, 0) is 0 Å². The molecule has 0 spiro atoms. The summed E-state index contributed by atoms with van der Waals surface area (Å²) in [5.41, 5.74) is 0. The minimum Gasteiger partial charge on any atom is -0.0966 e. The fourth-order valence-electron chi connectivity index (χ4n) is 2.12. The third-order valence-corrected chi connectivity index (χ3v) is 6.71. The molecule has 1 saturated heterocycles. The van der Waals surface area contributed by atoms with E-state index in [0.29, 0.717) is 0 Å². The molecule has 1 aromatic carbocycles. The van der Waals surface area contributed by atoms with Gasteiger partial charge >= 0.3 is 0 Å². The first-order valence-corrected chi connectivity index (χ1v) is 7.43. The van der Waals surface area contributed by atoms with Crippen LogP contribution in [0.5, 0.6) is 0 Å². The van der Waals surface area contributed by atoms with Crippen LogP contribution >= 0.6 is 6.89 Å². The van der Waals surface area contributed by atoms with Gasteiger partial charge in [0.2, 0.25) is 0 Å². The first-order valence-electron chi connectivity index (χ1n) is 5.08. The fraction of sp³-hybridized carbons (Fsp3) is 0.417. The Labute approximate surface area is 81.0 Å². The van der Waals surface area contributed by atoms with Crippen LogP contribution in [0.4, 0.5) is 0 Å². The molecule has 0 aromatic heterocycles. The third-order valence-electron chi connectivity index (χ3n) is 2.98. The van der Waals surface area contributed by atoms with Crippen LogP contribution in [0, 0.1) is 0 Å². The van der Waals surface area contributed by atoms with Gasteiger partial charge in [-0.2, -0.15) is 0 Å². The van der Waals surface area contributed by atoms with Crippen molar-refractivity contribution >= 4 is 18.5 Å². The first-order chi connectivity index (χ1) is 6.31. The lowest BCUT2D eigenvalue weighted by Crippen LogP contribution is -2.14. The Morgan fingerprint density at radius 3 is 2.15 bits per heavy atom. The molecule has 0 unspecified atom stereocenters. The summed E-state index contributed by atoms with van der Waals surface area (Å²) in [6.07, 6.45) is 11.5. The summed E-state index contributed by atoms with van der Waals surface area (Å²) in [6.45, 7) is -0.966. The second-order valence-electron chi connectivity index (χ2n) is 3.99. The number of hydrogen-bond acceptors (Lipinski definition) is 0. The van der Waals surface area contributed by atoms with Crippen molar-refractivity contribution in [3.63, 3.8) is 0 Å². The van der Waals surface area contributed by atoms with Gasteiger partial charge in [0.15, 0.2) is 0 Å². The van der Waals surface area contributed by atoms with E-state index in [4.69, 9.17) is 0 Å². The van der Waals surface area contributed by atoms with E-state index < -0.39 is 6.89 Å². The maximum Gasteiger partial charge on any atom is -0.0250 e. The molecule has 1 aliphatic rings. The van der Waals surface area contributed by atoms with E-state index in [1.54, 1.807) is 0 Å². The van der Waals surface area contributed by atoms with Crippen LogP contribution < -0.4 is 5.30 Å². The molecular formula is C12H17P. The van der Waals surface area contributed by atoms with Gasteiger partial charge in [0.05, 0.1) is 0 Å². The Hall–Kier alpha value is -0.480. The van der Waals surface area contributed by atoms with Gasteiger partial charge in [-0.1, -0.05) is 49.9 Å². The van der Waals surface area contributed by atoms with Crippen molar-refractivity contribution < 1.29 is 0 Å². The van der Waals surface area contributed by atoms with E-state index in [9.17, 15) is 0 Å². The van der Waals surface area contributed by atoms with E-state index >= 15 is 0 Å². The monoisotopic (exact) mass is 192 g/mol. The average molecular weight is 192 g/mol. The van der Waals surface area contributed by atoms with Gasteiger partial charge in [0, 0.05) is 0 Å². The molecule has 0 nitrogen and oxygen atoms in total. The van der Waals surface area contributed by atoms with Gasteiger partial charge in [-0.3, -0.25) is 0 Å². The normalized spacial score (nSPS) is 21.2. The lowest BCUT2D eigenvalue weighted by molar-refractivity contribution is 0.754. The maximum atomic E-state index is 4.51. The SMILES string of the molecule is C=P1(c2ccccc2)CCCCC1. The van der Waals surface area contributed by atoms with Crippen molar-refractivity contribution in [2.24, 2.45) is 0 Å². The molecule has 0 atom stereocenters. The second kappa shape index (κ2) is 3.72. The molecule has 0 bridgehead atoms. The van der Waals surface area contributed by atoms with Gasteiger partial charge in [-0.05, 0) is 30.5 Å². The molecule has 70 valence electrons. The summed E-state index contributed by atoms with van der Waals surface area (Å²) in [7, 11) is 0. The van der Waals surface area contributed by atoms with E-state index in [1.165, 1.54) is 36.9 Å². The Balaban J connectivity index is 2.29. The number of hydrogen-bond donors (Lipinski definition) is 0. The van der Waals surface area contributed by atoms with Crippen molar-refractivity contribution in [3.05, 3.63) is 30.3 Å². The summed E-state index contributed by atoms with van der Waals surface area (Å²) in [5.74, 6) is 0. The highest BCUT2D eigenvalue weighted by molar-refractivity contribution is 7.80. The molecule has 13 heavy (non-hydrogen) atoms. The molecule has 0 aliphatic carbocycles. The zero-order chi connectivity index (χ0) is 9.15. The predicted octanol–water partition coefficient (Wildman–Crippen LogP) is 2.95. The summed E-state index contributed by atoms with van der Waals surface area (Å²) in [6, 6.07) is 10.9. The smallest absolute Gasteiger partial charge is 0.0250 e. The van der Waals surface area contributed by atoms with Crippen LogP contribution in [0.25, 0.3) is 0 Å². The maximum absolute atomic E-state index is 4.51. The van der Waals surface area contributed by atoms with Crippen LogP contribution in [0.15, 0.2) is 30.3 Å². The van der Waals surface area contributed by atoms with Gasteiger partial charge in [-0.15, -0.1) is 0 Å². The van der Waals surface area contributed by atoms with E-state index in [0.717, 1.165) is 0 Å². The second-order valence-corrected chi connectivity index (χ2v) is 7.69. The summed E-state index contributed by atoms with van der Waals surface area (Å²) >= 11 is 0. The van der Waals surface area contributed by atoms with Crippen LogP contribution in [0.1, 0.15) is 19.3 Å². The topological polar surface area (TPSA) is 0 Å². The number of rotatable bonds is 1. The van der Waals surface area contributed by atoms with Gasteiger partial charge < -0.3 is 0 Å². The van der Waals surface area contributed by atoms with Crippen molar-refractivity contribution in [2.75, 3.05) is 12.3 Å². The zero-order valence-corrected chi connectivity index (χ0v) is 8.97. The number of benzene rings is 1. The first kappa shape index (κ1) is 9.09. The standard InChI is InChI=1S/C12H17P/c1-13(10-6-3-7-11-13)12-8-4-2-5-9-12/h2,4-5,8-9H,1,3,6-7,10-11H2. The lowest BCUT2D eigenvalue weighted by atomic mass is 10.3. The van der Waals surface area contributed by atoms with E-state index in [-0.39, 0.29) is 0 Å². The molecule has 0 amide bonds. The molecule has 1 heteroatoms.